The van der Waals surface area contributed by atoms with Gasteiger partial charge in [-0.2, -0.15) is 0 Å². The van der Waals surface area contributed by atoms with Crippen LogP contribution in [0.1, 0.15) is 6.42 Å². The fourth-order valence-corrected chi connectivity index (χ4v) is 2.87. The molecule has 1 N–H and O–H groups in total. The Labute approximate surface area is 88.5 Å². The molecule has 2 aliphatic rings. The highest BCUT2D eigenvalue weighted by Crippen LogP contribution is 2.69. The van der Waals surface area contributed by atoms with Gasteiger partial charge in [-0.15, -0.1) is 11.6 Å². The normalized spacial score (nSPS) is 55.0. The molecule has 4 unspecified atom stereocenters. The number of hydrogen-bond donors (Lipinski definition) is 1. The number of rotatable bonds is 0. The van der Waals surface area contributed by atoms with Crippen LogP contribution in [0.25, 0.3) is 0 Å². The van der Waals surface area contributed by atoms with Gasteiger partial charge >= 0.3 is 5.92 Å². The first-order valence-corrected chi connectivity index (χ1v) is 4.81. The molecule has 0 spiro atoms. The first-order valence-electron chi connectivity index (χ1n) is 4.05. The summed E-state index contributed by atoms with van der Waals surface area (Å²) in [4.78, 5) is -2.10. The SMILES string of the molecule is OC1C=CCC2C(F)(F)C(F)(Cl)C12Cl. The van der Waals surface area contributed by atoms with Crippen molar-refractivity contribution in [1.29, 1.82) is 0 Å². The quantitative estimate of drug-likeness (QED) is 0.515. The van der Waals surface area contributed by atoms with E-state index in [-0.39, 0.29) is 6.42 Å². The molecule has 14 heavy (non-hydrogen) atoms. The highest BCUT2D eigenvalue weighted by Gasteiger charge is 2.86. The highest BCUT2D eigenvalue weighted by molar-refractivity contribution is 6.37. The maximum absolute atomic E-state index is 13.4. The van der Waals surface area contributed by atoms with Crippen molar-refractivity contribution in [2.75, 3.05) is 0 Å². The molecule has 1 fully saturated rings. The van der Waals surface area contributed by atoms with Crippen LogP contribution in [0.4, 0.5) is 13.2 Å². The minimum Gasteiger partial charge on any atom is -0.387 e. The van der Waals surface area contributed by atoms with Gasteiger partial charge in [-0.25, -0.2) is 13.2 Å². The van der Waals surface area contributed by atoms with E-state index in [0.717, 1.165) is 0 Å². The van der Waals surface area contributed by atoms with Gasteiger partial charge in [0.1, 0.15) is 4.87 Å². The molecule has 0 saturated heterocycles. The Hall–Kier alpha value is 0.0700. The van der Waals surface area contributed by atoms with Gasteiger partial charge in [0.05, 0.1) is 12.0 Å². The first kappa shape index (κ1) is 10.6. The van der Waals surface area contributed by atoms with Crippen molar-refractivity contribution >= 4 is 23.2 Å². The van der Waals surface area contributed by atoms with Crippen molar-refractivity contribution in [2.24, 2.45) is 5.92 Å². The van der Waals surface area contributed by atoms with E-state index in [0.29, 0.717) is 0 Å². The van der Waals surface area contributed by atoms with Crippen LogP contribution in [0.3, 0.4) is 0 Å². The topological polar surface area (TPSA) is 20.2 Å². The smallest absolute Gasteiger partial charge is 0.302 e. The summed E-state index contributed by atoms with van der Waals surface area (Å²) in [5, 5.41) is 5.97. The second kappa shape index (κ2) is 2.60. The molecule has 80 valence electrons. The third kappa shape index (κ3) is 0.836. The van der Waals surface area contributed by atoms with Crippen LogP contribution in [-0.2, 0) is 0 Å². The summed E-state index contributed by atoms with van der Waals surface area (Å²) < 4.78 is 39.7. The van der Waals surface area contributed by atoms with Gasteiger partial charge in [-0.05, 0) is 6.42 Å². The molecule has 0 aliphatic heterocycles. The van der Waals surface area contributed by atoms with Gasteiger partial charge in [0.15, 0.2) is 0 Å². The minimum atomic E-state index is -3.69. The Kier molecular flexibility index (Phi) is 1.96. The van der Waals surface area contributed by atoms with Crippen molar-refractivity contribution in [1.82, 2.24) is 0 Å². The Morgan fingerprint density at radius 1 is 1.29 bits per heavy atom. The molecule has 0 aromatic heterocycles. The molecule has 0 amide bonds. The van der Waals surface area contributed by atoms with Gasteiger partial charge in [-0.3, -0.25) is 0 Å². The average molecular weight is 247 g/mol. The van der Waals surface area contributed by atoms with Gasteiger partial charge in [0.2, 0.25) is 0 Å². The molecule has 1 nitrogen and oxygen atoms in total. The molecule has 6 heteroatoms. The maximum atomic E-state index is 13.4. The maximum Gasteiger partial charge on any atom is 0.302 e. The Morgan fingerprint density at radius 3 is 2.36 bits per heavy atom. The fourth-order valence-electron chi connectivity index (χ4n) is 2.07. The summed E-state index contributed by atoms with van der Waals surface area (Å²) >= 11 is 10.7. The van der Waals surface area contributed by atoms with Crippen molar-refractivity contribution in [2.45, 2.75) is 28.4 Å². The number of aliphatic hydroxyl groups is 1. The number of aliphatic hydroxyl groups excluding tert-OH is 1. The van der Waals surface area contributed by atoms with E-state index in [2.05, 4.69) is 0 Å². The number of fused-ring (bicyclic) bond motifs is 1. The second-order valence-corrected chi connectivity index (χ2v) is 4.77. The van der Waals surface area contributed by atoms with E-state index in [1.165, 1.54) is 12.2 Å². The van der Waals surface area contributed by atoms with E-state index in [9.17, 15) is 18.3 Å². The van der Waals surface area contributed by atoms with Crippen LogP contribution >= 0.6 is 23.2 Å². The molecule has 0 aromatic rings. The molecular weight excluding hydrogens is 240 g/mol. The highest BCUT2D eigenvalue weighted by atomic mass is 35.5. The van der Waals surface area contributed by atoms with Gasteiger partial charge in [-0.1, -0.05) is 23.8 Å². The van der Waals surface area contributed by atoms with E-state index in [1.807, 2.05) is 0 Å². The zero-order chi connectivity index (χ0) is 10.8. The Balaban J connectivity index is 2.46. The standard InChI is InChI=1S/C8H7Cl2F3O/c9-6-4(2-1-3-5(6)14)7(11,12)8(6,10)13/h1,3-5,14H,2H2. The lowest BCUT2D eigenvalue weighted by Crippen LogP contribution is -2.79. The van der Waals surface area contributed by atoms with E-state index >= 15 is 0 Å². The van der Waals surface area contributed by atoms with Crippen LogP contribution in [-0.4, -0.2) is 27.1 Å². The molecule has 2 aliphatic carbocycles. The van der Waals surface area contributed by atoms with Crippen LogP contribution in [0.2, 0.25) is 0 Å². The zero-order valence-corrected chi connectivity index (χ0v) is 8.37. The van der Waals surface area contributed by atoms with Gasteiger partial charge in [0, 0.05) is 0 Å². The van der Waals surface area contributed by atoms with Crippen LogP contribution < -0.4 is 0 Å². The average Bonchev–Trinajstić information content (AvgIpc) is 2.08. The lowest BCUT2D eigenvalue weighted by Gasteiger charge is -2.60. The van der Waals surface area contributed by atoms with Gasteiger partial charge < -0.3 is 5.11 Å². The lowest BCUT2D eigenvalue weighted by atomic mass is 9.60. The summed E-state index contributed by atoms with van der Waals surface area (Å²) in [5.74, 6) is -5.14. The molecule has 0 heterocycles. The number of allylic oxidation sites excluding steroid dienone is 1. The van der Waals surface area contributed by atoms with Crippen LogP contribution in [0.15, 0.2) is 12.2 Å². The molecule has 1 saturated carbocycles. The second-order valence-electron chi connectivity index (χ2n) is 3.63. The largest absolute Gasteiger partial charge is 0.387 e. The molecule has 0 radical (unpaired) electrons. The van der Waals surface area contributed by atoms with Crippen molar-refractivity contribution < 1.29 is 18.3 Å². The van der Waals surface area contributed by atoms with Crippen molar-refractivity contribution in [3.05, 3.63) is 12.2 Å². The van der Waals surface area contributed by atoms with E-state index in [4.69, 9.17) is 23.2 Å². The number of alkyl halides is 5. The molecule has 0 aromatic carbocycles. The molecule has 4 atom stereocenters. The fraction of sp³-hybridized carbons (Fsp3) is 0.750. The zero-order valence-electron chi connectivity index (χ0n) is 6.85. The van der Waals surface area contributed by atoms with Crippen LogP contribution in [0, 0.1) is 5.92 Å². The third-order valence-electron chi connectivity index (χ3n) is 2.97. The van der Waals surface area contributed by atoms with Gasteiger partial charge in [0.25, 0.3) is 5.13 Å². The summed E-state index contributed by atoms with van der Waals surface area (Å²) in [6.07, 6.45) is 0.988. The number of hydrogen-bond acceptors (Lipinski definition) is 1. The van der Waals surface area contributed by atoms with Crippen LogP contribution in [0.5, 0.6) is 0 Å². The van der Waals surface area contributed by atoms with E-state index in [1.54, 1.807) is 0 Å². The van der Waals surface area contributed by atoms with Crippen molar-refractivity contribution in [3.8, 4) is 0 Å². The summed E-state index contributed by atoms with van der Waals surface area (Å²) in [6, 6.07) is 0. The predicted octanol–water partition coefficient (Wildman–Crippen LogP) is 2.45. The molecule has 2 rings (SSSR count). The Morgan fingerprint density at radius 2 is 1.86 bits per heavy atom. The van der Waals surface area contributed by atoms with Crippen molar-refractivity contribution in [3.63, 3.8) is 0 Å². The molecular formula is C8H7Cl2F3O. The number of halogens is 5. The Bertz CT molecular complexity index is 305. The van der Waals surface area contributed by atoms with E-state index < -0.39 is 27.9 Å². The summed E-state index contributed by atoms with van der Waals surface area (Å²) in [7, 11) is 0. The summed E-state index contributed by atoms with van der Waals surface area (Å²) in [5.41, 5.74) is 0. The predicted molar refractivity (Wildman–Crippen MR) is 46.5 cm³/mol. The molecule has 0 bridgehead atoms. The monoisotopic (exact) mass is 246 g/mol. The third-order valence-corrected chi connectivity index (χ3v) is 4.37. The summed E-state index contributed by atoms with van der Waals surface area (Å²) in [6.45, 7) is 0. The first-order chi connectivity index (χ1) is 6.26. The minimum absolute atomic E-state index is 0.0774. The lowest BCUT2D eigenvalue weighted by molar-refractivity contribution is -0.261.